The van der Waals surface area contributed by atoms with Crippen LogP contribution < -0.4 is 15.4 Å². The van der Waals surface area contributed by atoms with E-state index in [0.29, 0.717) is 10.2 Å². The van der Waals surface area contributed by atoms with Gasteiger partial charge in [0.2, 0.25) is 5.91 Å². The zero-order valence-corrected chi connectivity index (χ0v) is 16.2. The summed E-state index contributed by atoms with van der Waals surface area (Å²) in [6.07, 6.45) is -0.647. The lowest BCUT2D eigenvalue weighted by molar-refractivity contribution is -0.121. The molecule has 1 aliphatic heterocycles. The Hall–Kier alpha value is -3.20. The molecule has 0 bridgehead atoms. The average Bonchev–Trinajstić information content (AvgIpc) is 2.90. The van der Waals surface area contributed by atoms with Gasteiger partial charge in [-0.25, -0.2) is 4.79 Å². The number of hydrogen-bond acceptors (Lipinski definition) is 5. The van der Waals surface area contributed by atoms with Crippen LogP contribution in [0.4, 0.5) is 4.79 Å². The van der Waals surface area contributed by atoms with E-state index in [9.17, 15) is 19.2 Å². The highest BCUT2D eigenvalue weighted by Gasteiger charge is 2.36. The molecule has 0 radical (unpaired) electrons. The largest absolute Gasteiger partial charge is 0.412 e. The third kappa shape index (κ3) is 4.55. The first-order chi connectivity index (χ1) is 13.5. The molecule has 2 aromatic carbocycles. The Bertz CT molecular complexity index is 932. The molecule has 9 heteroatoms. The van der Waals surface area contributed by atoms with Gasteiger partial charge in [-0.3, -0.25) is 19.3 Å². The number of ether oxygens (including phenoxy) is 1. The van der Waals surface area contributed by atoms with Crippen molar-refractivity contribution in [3.8, 4) is 5.75 Å². The number of carbonyl (C=O) groups is 4. The van der Waals surface area contributed by atoms with Gasteiger partial charge in [0.05, 0.1) is 11.1 Å². The summed E-state index contributed by atoms with van der Waals surface area (Å²) in [5.41, 5.74) is 0.531. The molecule has 28 heavy (non-hydrogen) atoms. The van der Waals surface area contributed by atoms with Crippen LogP contribution in [-0.4, -0.2) is 48.3 Å². The van der Waals surface area contributed by atoms with Gasteiger partial charge in [0.15, 0.2) is 0 Å². The maximum Gasteiger partial charge on any atom is 0.412 e. The number of amides is 4. The second-order valence-corrected chi connectivity index (χ2v) is 6.78. The molecule has 0 unspecified atom stereocenters. The molecule has 8 nitrogen and oxygen atoms in total. The molecule has 0 saturated heterocycles. The van der Waals surface area contributed by atoms with Crippen LogP contribution in [0.3, 0.4) is 0 Å². The van der Waals surface area contributed by atoms with Crippen LogP contribution >= 0.6 is 15.9 Å². The number of halogens is 1. The van der Waals surface area contributed by atoms with Gasteiger partial charge in [-0.05, 0) is 30.3 Å². The number of para-hydroxylation sites is 1. The van der Waals surface area contributed by atoms with E-state index in [-0.39, 0.29) is 24.2 Å². The van der Waals surface area contributed by atoms with E-state index in [1.165, 1.54) is 0 Å². The standard InChI is InChI=1S/C19H16BrN3O5/c20-12-6-7-14-15(10-12)18(26)23(17(14)25)11-16(24)21-8-9-22-19(27)28-13-4-2-1-3-5-13/h1-7,10H,8-9,11H2,(H,21,24)(H,22,27). The molecule has 0 atom stereocenters. The second kappa shape index (κ2) is 8.66. The van der Waals surface area contributed by atoms with Crippen molar-refractivity contribution in [2.45, 2.75) is 0 Å². The quantitative estimate of drug-likeness (QED) is 0.522. The van der Waals surface area contributed by atoms with Crippen molar-refractivity contribution in [2.24, 2.45) is 0 Å². The Kier molecular flexibility index (Phi) is 6.05. The molecule has 2 N–H and O–H groups in total. The first kappa shape index (κ1) is 19.6. The highest BCUT2D eigenvalue weighted by atomic mass is 79.9. The molecule has 1 heterocycles. The minimum absolute atomic E-state index is 0.122. The molecule has 0 aliphatic carbocycles. The number of nitrogens with zero attached hydrogens (tertiary/aromatic N) is 1. The third-order valence-corrected chi connectivity index (χ3v) is 4.40. The lowest BCUT2D eigenvalue weighted by Gasteiger charge is -2.13. The molecule has 2 aromatic rings. The van der Waals surface area contributed by atoms with Gasteiger partial charge in [-0.15, -0.1) is 0 Å². The molecule has 4 amide bonds. The first-order valence-corrected chi connectivity index (χ1v) is 9.18. The minimum atomic E-state index is -0.647. The van der Waals surface area contributed by atoms with Crippen molar-refractivity contribution in [1.82, 2.24) is 15.5 Å². The van der Waals surface area contributed by atoms with E-state index in [1.807, 2.05) is 0 Å². The van der Waals surface area contributed by atoms with E-state index >= 15 is 0 Å². The van der Waals surface area contributed by atoms with Gasteiger partial charge < -0.3 is 15.4 Å². The zero-order valence-electron chi connectivity index (χ0n) is 14.6. The minimum Gasteiger partial charge on any atom is -0.410 e. The van der Waals surface area contributed by atoms with Crippen LogP contribution in [-0.2, 0) is 4.79 Å². The summed E-state index contributed by atoms with van der Waals surface area (Å²) in [4.78, 5) is 49.2. The Morgan fingerprint density at radius 2 is 1.61 bits per heavy atom. The Morgan fingerprint density at radius 1 is 0.929 bits per heavy atom. The van der Waals surface area contributed by atoms with E-state index in [0.717, 1.165) is 4.90 Å². The van der Waals surface area contributed by atoms with Crippen molar-refractivity contribution < 1.29 is 23.9 Å². The van der Waals surface area contributed by atoms with Gasteiger partial charge in [0.25, 0.3) is 11.8 Å². The van der Waals surface area contributed by atoms with Crippen molar-refractivity contribution in [3.05, 3.63) is 64.1 Å². The van der Waals surface area contributed by atoms with Gasteiger partial charge >= 0.3 is 6.09 Å². The predicted octanol–water partition coefficient (Wildman–Crippen LogP) is 1.95. The lowest BCUT2D eigenvalue weighted by atomic mass is 10.1. The van der Waals surface area contributed by atoms with Crippen LogP contribution in [0, 0.1) is 0 Å². The summed E-state index contributed by atoms with van der Waals surface area (Å²) in [5.74, 6) is -1.12. The number of benzene rings is 2. The summed E-state index contributed by atoms with van der Waals surface area (Å²) in [6, 6.07) is 13.3. The van der Waals surface area contributed by atoms with Gasteiger partial charge in [0, 0.05) is 17.6 Å². The number of rotatable bonds is 6. The van der Waals surface area contributed by atoms with Crippen molar-refractivity contribution in [1.29, 1.82) is 0 Å². The van der Waals surface area contributed by atoms with E-state index in [2.05, 4.69) is 26.6 Å². The summed E-state index contributed by atoms with van der Waals surface area (Å²) < 4.78 is 5.71. The highest BCUT2D eigenvalue weighted by Crippen LogP contribution is 2.25. The molecular formula is C19H16BrN3O5. The van der Waals surface area contributed by atoms with Gasteiger partial charge in [0.1, 0.15) is 12.3 Å². The number of fused-ring (bicyclic) bond motifs is 1. The first-order valence-electron chi connectivity index (χ1n) is 8.39. The molecule has 0 fully saturated rings. The van der Waals surface area contributed by atoms with Crippen molar-refractivity contribution in [2.75, 3.05) is 19.6 Å². The number of carbonyl (C=O) groups excluding carboxylic acids is 4. The van der Waals surface area contributed by atoms with Crippen molar-refractivity contribution >= 4 is 39.7 Å². The van der Waals surface area contributed by atoms with Crippen LogP contribution in [0.5, 0.6) is 5.75 Å². The number of imide groups is 1. The maximum absolute atomic E-state index is 12.3. The number of hydrogen-bond donors (Lipinski definition) is 2. The smallest absolute Gasteiger partial charge is 0.410 e. The molecule has 1 aliphatic rings. The summed E-state index contributed by atoms with van der Waals surface area (Å²) >= 11 is 3.25. The fraction of sp³-hybridized carbons (Fsp3) is 0.158. The average molecular weight is 446 g/mol. The lowest BCUT2D eigenvalue weighted by Crippen LogP contribution is -2.42. The normalized spacial score (nSPS) is 12.5. The van der Waals surface area contributed by atoms with Crippen LogP contribution in [0.2, 0.25) is 0 Å². The van der Waals surface area contributed by atoms with Crippen LogP contribution in [0.1, 0.15) is 20.7 Å². The second-order valence-electron chi connectivity index (χ2n) is 5.87. The molecular weight excluding hydrogens is 430 g/mol. The fourth-order valence-electron chi connectivity index (χ4n) is 2.60. The Labute approximate surface area is 169 Å². The van der Waals surface area contributed by atoms with Crippen molar-refractivity contribution in [3.63, 3.8) is 0 Å². The third-order valence-electron chi connectivity index (χ3n) is 3.90. The maximum atomic E-state index is 12.3. The van der Waals surface area contributed by atoms with E-state index < -0.39 is 30.4 Å². The van der Waals surface area contributed by atoms with Gasteiger partial charge in [-0.1, -0.05) is 34.1 Å². The molecule has 3 rings (SSSR count). The predicted molar refractivity (Wildman–Crippen MR) is 103 cm³/mol. The SMILES string of the molecule is O=C(CN1C(=O)c2ccc(Br)cc2C1=O)NCCNC(=O)Oc1ccccc1. The summed E-state index contributed by atoms with van der Waals surface area (Å²) in [6.45, 7) is -0.137. The van der Waals surface area contributed by atoms with Crippen LogP contribution in [0.15, 0.2) is 53.0 Å². The molecule has 0 spiro atoms. The van der Waals surface area contributed by atoms with E-state index in [1.54, 1.807) is 48.5 Å². The molecule has 0 saturated carbocycles. The summed E-state index contributed by atoms with van der Waals surface area (Å²) in [7, 11) is 0. The number of nitrogens with one attached hydrogen (secondary N) is 2. The Balaban J connectivity index is 1.42. The Morgan fingerprint density at radius 3 is 2.36 bits per heavy atom. The van der Waals surface area contributed by atoms with E-state index in [4.69, 9.17) is 4.74 Å². The van der Waals surface area contributed by atoms with Gasteiger partial charge in [-0.2, -0.15) is 0 Å². The fourth-order valence-corrected chi connectivity index (χ4v) is 2.97. The summed E-state index contributed by atoms with van der Waals surface area (Å²) in [5, 5.41) is 5.03. The van der Waals surface area contributed by atoms with Crippen LogP contribution in [0.25, 0.3) is 0 Å². The highest BCUT2D eigenvalue weighted by molar-refractivity contribution is 9.10. The molecule has 0 aromatic heterocycles. The topological polar surface area (TPSA) is 105 Å². The monoisotopic (exact) mass is 445 g/mol. The molecule has 144 valence electrons. The zero-order chi connectivity index (χ0) is 20.1.